The lowest BCUT2D eigenvalue weighted by Gasteiger charge is -2.35. The first kappa shape index (κ1) is 47.1. The van der Waals surface area contributed by atoms with Gasteiger partial charge < -0.3 is 39.6 Å². The first-order valence-corrected chi connectivity index (χ1v) is 21.0. The van der Waals surface area contributed by atoms with Crippen molar-refractivity contribution in [2.75, 3.05) is 39.3 Å². The highest BCUT2D eigenvalue weighted by atomic mass is 32.1. The molecule has 6 rings (SSSR count). The van der Waals surface area contributed by atoms with Gasteiger partial charge in [-0.2, -0.15) is 0 Å². The molecule has 0 aromatic carbocycles. The van der Waals surface area contributed by atoms with Crippen LogP contribution in [0.5, 0.6) is 0 Å². The zero-order valence-corrected chi connectivity index (χ0v) is 34.3. The third-order valence-electron chi connectivity index (χ3n) is 8.40. The van der Waals surface area contributed by atoms with Gasteiger partial charge in [0, 0.05) is 85.2 Å². The molecule has 5 unspecified atom stereocenters. The Morgan fingerprint density at radius 1 is 0.815 bits per heavy atom. The summed E-state index contributed by atoms with van der Waals surface area (Å²) >= 11 is 4.59. The number of nitrogens with zero attached hydrogens (tertiary/aromatic N) is 5. The molecular formula is C38H62N6O7S3. The minimum absolute atomic E-state index is 0. The third kappa shape index (κ3) is 17.6. The van der Waals surface area contributed by atoms with Crippen LogP contribution in [0.25, 0.3) is 0 Å². The van der Waals surface area contributed by atoms with Crippen molar-refractivity contribution in [2.45, 2.75) is 111 Å². The van der Waals surface area contributed by atoms with Crippen molar-refractivity contribution in [3.05, 3.63) is 50.3 Å². The first-order chi connectivity index (χ1) is 25.2. The molecule has 0 saturated carbocycles. The van der Waals surface area contributed by atoms with Gasteiger partial charge in [-0.1, -0.05) is 7.43 Å². The molecule has 0 aliphatic carbocycles. The topological polar surface area (TPSA) is 167 Å². The van der Waals surface area contributed by atoms with E-state index in [4.69, 9.17) is 9.47 Å². The van der Waals surface area contributed by atoms with Gasteiger partial charge in [-0.15, -0.1) is 34.0 Å². The van der Waals surface area contributed by atoms with Crippen LogP contribution in [-0.4, -0.2) is 104 Å². The number of carbonyl (C=O) groups excluding carboxylic acids is 3. The number of nitrogens with one attached hydrogen (secondary N) is 1. The average molecular weight is 811 g/mol. The normalized spacial score (nSPS) is 21.1. The van der Waals surface area contributed by atoms with Gasteiger partial charge >= 0.3 is 12.2 Å². The van der Waals surface area contributed by atoms with Gasteiger partial charge in [-0.05, 0) is 86.6 Å². The molecule has 3 saturated heterocycles. The van der Waals surface area contributed by atoms with E-state index in [0.29, 0.717) is 32.1 Å². The number of rotatable bonds is 5. The Kier molecular flexibility index (Phi) is 20.8. The molecule has 0 bridgehead atoms. The van der Waals surface area contributed by atoms with Crippen molar-refractivity contribution in [1.29, 1.82) is 0 Å². The fourth-order valence-corrected chi connectivity index (χ4v) is 7.64. The molecule has 5 atom stereocenters. The number of aliphatic hydroxyl groups excluding tert-OH is 2. The van der Waals surface area contributed by atoms with Crippen LogP contribution in [0.3, 0.4) is 0 Å². The molecule has 16 heteroatoms. The fraction of sp³-hybridized carbons (Fsp3) is 0.684. The standard InChI is InChI=1S/C14H22N2O3S.C11H19NO3.C9H14N2OS.C3H3NS.CH4/c1-14(2,3)19-13(18)16-7-4-5-10(9-16)11(17)12-15-6-8-20-12;1-11(2,3)15-10(14)12-6-4-5-9(7-12)8-13;12-8(9-11-4-5-13-9)7-2-1-3-10-6-7;1-2-5-3-4-1;/h6,8,10-11,17H,4-5,7,9H2,1-3H3;8-9H,4-7H2,1-3H3;4-5,7-8,10,12H,1-3,6H2;1-3H;1H4. The Morgan fingerprint density at radius 2 is 1.35 bits per heavy atom. The molecule has 13 nitrogen and oxygen atoms in total. The molecule has 3 aliphatic heterocycles. The number of likely N-dealkylation sites (tertiary alicyclic amines) is 2. The maximum Gasteiger partial charge on any atom is 0.410 e. The monoisotopic (exact) mass is 810 g/mol. The summed E-state index contributed by atoms with van der Waals surface area (Å²) in [5.74, 6) is 0.355. The minimum Gasteiger partial charge on any atom is -0.444 e. The van der Waals surface area contributed by atoms with Crippen molar-refractivity contribution >= 4 is 52.5 Å². The van der Waals surface area contributed by atoms with Crippen LogP contribution in [0, 0.1) is 17.8 Å². The quantitative estimate of drug-likeness (QED) is 0.217. The van der Waals surface area contributed by atoms with Gasteiger partial charge in [-0.25, -0.2) is 19.6 Å². The van der Waals surface area contributed by atoms with Crippen LogP contribution in [-0.2, 0) is 14.3 Å². The molecule has 304 valence electrons. The Morgan fingerprint density at radius 3 is 1.78 bits per heavy atom. The van der Waals surface area contributed by atoms with Crippen molar-refractivity contribution < 1.29 is 34.1 Å². The third-order valence-corrected chi connectivity index (χ3v) is 10.6. The number of carbonyl (C=O) groups is 3. The summed E-state index contributed by atoms with van der Waals surface area (Å²) in [5, 5.41) is 30.8. The fourth-order valence-electron chi connectivity index (χ4n) is 5.86. The molecule has 2 amide bonds. The Balaban J connectivity index is 0.000000265. The van der Waals surface area contributed by atoms with Crippen molar-refractivity contribution in [2.24, 2.45) is 17.8 Å². The Labute approximate surface area is 333 Å². The zero-order valence-electron chi connectivity index (χ0n) is 31.9. The summed E-state index contributed by atoms with van der Waals surface area (Å²) < 4.78 is 10.6. The molecule has 0 spiro atoms. The van der Waals surface area contributed by atoms with E-state index < -0.39 is 17.3 Å². The van der Waals surface area contributed by atoms with E-state index in [1.807, 2.05) is 57.7 Å². The van der Waals surface area contributed by atoms with Crippen LogP contribution < -0.4 is 5.32 Å². The number of hydrogen-bond acceptors (Lipinski definition) is 14. The number of thiazole rings is 3. The lowest BCUT2D eigenvalue weighted by atomic mass is 9.93. The number of aldehydes is 1. The summed E-state index contributed by atoms with van der Waals surface area (Å²) in [6.07, 6.45) is 10.4. The SMILES string of the molecule is C.CC(C)(C)OC(=O)N1CCCC(C(O)c2nccs2)C1.CC(C)(C)OC(=O)N1CCCC(C=O)C1.OC(c1nccs1)C1CCCNC1.c1cscn1. The molecule has 0 radical (unpaired) electrons. The number of amides is 2. The predicted octanol–water partition coefficient (Wildman–Crippen LogP) is 7.61. The van der Waals surface area contributed by atoms with E-state index >= 15 is 0 Å². The van der Waals surface area contributed by atoms with Gasteiger partial charge in [-0.3, -0.25) is 4.98 Å². The van der Waals surface area contributed by atoms with E-state index in [9.17, 15) is 24.6 Å². The molecule has 54 heavy (non-hydrogen) atoms. The second-order valence-corrected chi connectivity index (χ2v) is 17.8. The maximum absolute atomic E-state index is 12.1. The minimum atomic E-state index is -0.597. The molecular weight excluding hydrogens is 749 g/mol. The van der Waals surface area contributed by atoms with E-state index in [2.05, 4.69) is 20.3 Å². The van der Waals surface area contributed by atoms with Crippen molar-refractivity contribution in [1.82, 2.24) is 30.1 Å². The second kappa shape index (κ2) is 23.8. The number of aromatic nitrogens is 3. The van der Waals surface area contributed by atoms with E-state index in [1.165, 1.54) is 22.7 Å². The zero-order chi connectivity index (χ0) is 38.9. The lowest BCUT2D eigenvalue weighted by molar-refractivity contribution is -0.112. The van der Waals surface area contributed by atoms with Crippen LogP contribution >= 0.6 is 34.0 Å². The van der Waals surface area contributed by atoms with Crippen molar-refractivity contribution in [3.63, 3.8) is 0 Å². The molecule has 3 fully saturated rings. The summed E-state index contributed by atoms with van der Waals surface area (Å²) in [4.78, 5) is 49.7. The number of ether oxygens (including phenoxy) is 2. The van der Waals surface area contributed by atoms with Crippen LogP contribution in [0.4, 0.5) is 9.59 Å². The second-order valence-electron chi connectivity index (χ2n) is 15.2. The van der Waals surface area contributed by atoms with E-state index in [1.54, 1.807) is 45.2 Å². The molecule has 3 aromatic heterocycles. The lowest BCUT2D eigenvalue weighted by Crippen LogP contribution is -2.44. The maximum atomic E-state index is 12.1. The van der Waals surface area contributed by atoms with Gasteiger partial charge in [0.2, 0.25) is 0 Å². The number of hydrogen-bond donors (Lipinski definition) is 3. The van der Waals surface area contributed by atoms with Crippen molar-refractivity contribution in [3.8, 4) is 0 Å². The van der Waals surface area contributed by atoms with E-state index in [0.717, 1.165) is 67.9 Å². The number of aliphatic hydroxyl groups is 2. The highest BCUT2D eigenvalue weighted by Gasteiger charge is 2.33. The van der Waals surface area contributed by atoms with Crippen LogP contribution in [0.2, 0.25) is 0 Å². The van der Waals surface area contributed by atoms with Gasteiger partial charge in [0.25, 0.3) is 0 Å². The molecule has 6 heterocycles. The molecule has 3 aromatic rings. The Bertz CT molecular complexity index is 1410. The highest BCUT2D eigenvalue weighted by Crippen LogP contribution is 2.31. The Hall–Kier alpha value is -3.02. The van der Waals surface area contributed by atoms with Gasteiger partial charge in [0.1, 0.15) is 39.7 Å². The summed E-state index contributed by atoms with van der Waals surface area (Å²) in [5.41, 5.74) is 0.836. The highest BCUT2D eigenvalue weighted by molar-refractivity contribution is 7.09. The van der Waals surface area contributed by atoms with Crippen LogP contribution in [0.15, 0.2) is 40.2 Å². The van der Waals surface area contributed by atoms with E-state index in [-0.39, 0.29) is 37.6 Å². The largest absolute Gasteiger partial charge is 0.444 e. The average Bonchev–Trinajstić information content (AvgIpc) is 3.97. The summed E-state index contributed by atoms with van der Waals surface area (Å²) in [6, 6.07) is 0. The van der Waals surface area contributed by atoms with Crippen LogP contribution in [0.1, 0.15) is 110 Å². The predicted molar refractivity (Wildman–Crippen MR) is 216 cm³/mol. The number of piperidine rings is 3. The summed E-state index contributed by atoms with van der Waals surface area (Å²) in [7, 11) is 0. The van der Waals surface area contributed by atoms with Gasteiger partial charge in [0.15, 0.2) is 0 Å². The first-order valence-electron chi connectivity index (χ1n) is 18.3. The van der Waals surface area contributed by atoms with Gasteiger partial charge in [0.05, 0.1) is 5.51 Å². The summed E-state index contributed by atoms with van der Waals surface area (Å²) in [6.45, 7) is 15.5. The smallest absolute Gasteiger partial charge is 0.410 e. The molecule has 3 aliphatic rings. The molecule has 3 N–H and O–H groups in total.